The third kappa shape index (κ3) is 0.610. The predicted molar refractivity (Wildman–Crippen MR) is 46.2 cm³/mol. The van der Waals surface area contributed by atoms with Crippen molar-refractivity contribution in [1.82, 2.24) is 0 Å². The van der Waals surface area contributed by atoms with Crippen molar-refractivity contribution in [3.63, 3.8) is 0 Å². The van der Waals surface area contributed by atoms with Gasteiger partial charge in [-0.25, -0.2) is 0 Å². The summed E-state index contributed by atoms with van der Waals surface area (Å²) in [6, 6.07) is 0. The maximum atomic E-state index is 2.40. The van der Waals surface area contributed by atoms with Gasteiger partial charge in [-0.3, -0.25) is 0 Å². The Balaban J connectivity index is 2.05. The number of hydrogen-bond donors (Lipinski definition) is 0. The molecule has 0 saturated heterocycles. The first-order valence-electron chi connectivity index (χ1n) is 4.69. The molecule has 0 aromatic rings. The summed E-state index contributed by atoms with van der Waals surface area (Å²) >= 11 is 0. The zero-order valence-electron chi connectivity index (χ0n) is 7.01. The maximum absolute atomic E-state index is 2.40. The van der Waals surface area contributed by atoms with Gasteiger partial charge in [-0.1, -0.05) is 30.7 Å². The minimum Gasteiger partial charge on any atom is -0.0805 e. The molecule has 0 aromatic heterocycles. The molecular weight excluding hydrogens is 132 g/mol. The van der Waals surface area contributed by atoms with Crippen molar-refractivity contribution in [2.45, 2.75) is 26.2 Å². The van der Waals surface area contributed by atoms with Gasteiger partial charge in [0.15, 0.2) is 0 Å². The summed E-state index contributed by atoms with van der Waals surface area (Å²) in [6.45, 7) is 2.39. The van der Waals surface area contributed by atoms with Crippen LogP contribution in [0.1, 0.15) is 26.2 Å². The van der Waals surface area contributed by atoms with Crippen molar-refractivity contribution in [3.05, 3.63) is 23.8 Å². The second kappa shape index (κ2) is 1.63. The Labute approximate surface area is 68.0 Å². The fourth-order valence-corrected chi connectivity index (χ4v) is 3.13. The average molecular weight is 146 g/mol. The van der Waals surface area contributed by atoms with Gasteiger partial charge >= 0.3 is 0 Å². The fraction of sp³-hybridized carbons (Fsp3) is 0.636. The Morgan fingerprint density at radius 1 is 1.45 bits per heavy atom. The van der Waals surface area contributed by atoms with E-state index in [1.165, 1.54) is 19.3 Å². The summed E-state index contributed by atoms with van der Waals surface area (Å²) in [5.41, 5.74) is 2.46. The summed E-state index contributed by atoms with van der Waals surface area (Å²) in [5.74, 6) is 1.89. The van der Waals surface area contributed by atoms with Crippen LogP contribution in [0.2, 0.25) is 0 Å². The van der Waals surface area contributed by atoms with Gasteiger partial charge in [0.25, 0.3) is 0 Å². The smallest absolute Gasteiger partial charge is 0.00132 e. The molecule has 3 aliphatic rings. The normalized spacial score (nSPS) is 51.5. The topological polar surface area (TPSA) is 0 Å². The van der Waals surface area contributed by atoms with Gasteiger partial charge < -0.3 is 0 Å². The highest BCUT2D eigenvalue weighted by molar-refractivity contribution is 5.39. The molecule has 0 amide bonds. The Hall–Kier alpha value is -0.520. The molecule has 2 saturated carbocycles. The second-order valence-electron chi connectivity index (χ2n) is 4.56. The Bertz CT molecular complexity index is 259. The van der Waals surface area contributed by atoms with Crippen LogP contribution in [0.15, 0.2) is 23.8 Å². The van der Waals surface area contributed by atoms with Gasteiger partial charge in [-0.15, -0.1) is 0 Å². The number of rotatable bonds is 0. The molecule has 0 heterocycles. The second-order valence-corrected chi connectivity index (χ2v) is 4.56. The SMILES string of the molecule is CC1CC2=CC=CC3CC23C1. The standard InChI is InChI=1S/C11H14/c1-8-5-9-3-2-4-10-7-11(9,10)6-8/h2-4,8,10H,5-7H2,1H3. The van der Waals surface area contributed by atoms with Crippen molar-refractivity contribution in [2.24, 2.45) is 17.3 Å². The lowest BCUT2D eigenvalue weighted by Gasteiger charge is -2.12. The molecule has 0 bridgehead atoms. The molecule has 0 aliphatic heterocycles. The first kappa shape index (κ1) is 6.05. The van der Waals surface area contributed by atoms with E-state index >= 15 is 0 Å². The Morgan fingerprint density at radius 3 is 3.18 bits per heavy atom. The Morgan fingerprint density at radius 2 is 2.36 bits per heavy atom. The van der Waals surface area contributed by atoms with Gasteiger partial charge in [-0.05, 0) is 36.5 Å². The molecule has 0 N–H and O–H groups in total. The summed E-state index contributed by atoms with van der Waals surface area (Å²) in [5, 5.41) is 0. The van der Waals surface area contributed by atoms with E-state index in [0.29, 0.717) is 5.41 Å². The van der Waals surface area contributed by atoms with E-state index in [9.17, 15) is 0 Å². The Kier molecular flexibility index (Phi) is 0.894. The third-order valence-electron chi connectivity index (χ3n) is 3.70. The number of hydrogen-bond acceptors (Lipinski definition) is 0. The van der Waals surface area contributed by atoms with Crippen LogP contribution in [0.5, 0.6) is 0 Å². The van der Waals surface area contributed by atoms with E-state index in [0.717, 1.165) is 11.8 Å². The van der Waals surface area contributed by atoms with Gasteiger partial charge in [0.2, 0.25) is 0 Å². The molecule has 0 radical (unpaired) electrons. The lowest BCUT2D eigenvalue weighted by molar-refractivity contribution is 0.507. The predicted octanol–water partition coefficient (Wildman–Crippen LogP) is 2.92. The molecule has 3 aliphatic carbocycles. The minimum absolute atomic E-state index is 0.703. The lowest BCUT2D eigenvalue weighted by Crippen LogP contribution is -2.01. The van der Waals surface area contributed by atoms with E-state index in [1.54, 1.807) is 5.57 Å². The summed E-state index contributed by atoms with van der Waals surface area (Å²) in [7, 11) is 0. The maximum Gasteiger partial charge on any atom is -0.00132 e. The van der Waals surface area contributed by atoms with E-state index in [4.69, 9.17) is 0 Å². The van der Waals surface area contributed by atoms with Crippen molar-refractivity contribution < 1.29 is 0 Å². The quantitative estimate of drug-likeness (QED) is 0.493. The van der Waals surface area contributed by atoms with Crippen LogP contribution in [0.3, 0.4) is 0 Å². The van der Waals surface area contributed by atoms with Crippen molar-refractivity contribution in [2.75, 3.05) is 0 Å². The van der Waals surface area contributed by atoms with Gasteiger partial charge in [-0.2, -0.15) is 0 Å². The van der Waals surface area contributed by atoms with Gasteiger partial charge in [0.1, 0.15) is 0 Å². The molecule has 2 fully saturated rings. The molecule has 0 aromatic carbocycles. The van der Waals surface area contributed by atoms with Crippen molar-refractivity contribution >= 4 is 0 Å². The van der Waals surface area contributed by atoms with Crippen LogP contribution in [0, 0.1) is 17.3 Å². The summed E-state index contributed by atoms with van der Waals surface area (Å²) < 4.78 is 0. The molecule has 1 spiro atoms. The van der Waals surface area contributed by atoms with Crippen LogP contribution in [-0.2, 0) is 0 Å². The fourth-order valence-electron chi connectivity index (χ4n) is 3.13. The summed E-state index contributed by atoms with van der Waals surface area (Å²) in [4.78, 5) is 0. The third-order valence-corrected chi connectivity index (χ3v) is 3.70. The van der Waals surface area contributed by atoms with E-state index < -0.39 is 0 Å². The highest BCUT2D eigenvalue weighted by atomic mass is 14.6. The zero-order chi connectivity index (χ0) is 7.47. The largest absolute Gasteiger partial charge is 0.0805 e. The van der Waals surface area contributed by atoms with Crippen LogP contribution >= 0.6 is 0 Å². The molecule has 3 unspecified atom stereocenters. The van der Waals surface area contributed by atoms with Crippen molar-refractivity contribution in [3.8, 4) is 0 Å². The van der Waals surface area contributed by atoms with Crippen molar-refractivity contribution in [1.29, 1.82) is 0 Å². The molecule has 3 atom stereocenters. The van der Waals surface area contributed by atoms with Gasteiger partial charge in [0.05, 0.1) is 0 Å². The molecule has 58 valence electrons. The lowest BCUT2D eigenvalue weighted by atomic mass is 9.93. The molecular formula is C11H14. The number of allylic oxidation sites excluding steroid dienone is 4. The van der Waals surface area contributed by atoms with E-state index in [1.807, 2.05) is 0 Å². The van der Waals surface area contributed by atoms with Crippen LogP contribution in [0.4, 0.5) is 0 Å². The summed E-state index contributed by atoms with van der Waals surface area (Å²) in [6.07, 6.45) is 11.3. The molecule has 0 heteroatoms. The minimum atomic E-state index is 0.703. The van der Waals surface area contributed by atoms with E-state index in [-0.39, 0.29) is 0 Å². The zero-order valence-corrected chi connectivity index (χ0v) is 7.01. The van der Waals surface area contributed by atoms with Crippen LogP contribution in [-0.4, -0.2) is 0 Å². The van der Waals surface area contributed by atoms with Crippen LogP contribution < -0.4 is 0 Å². The average Bonchev–Trinajstić information content (AvgIpc) is 2.55. The first-order chi connectivity index (χ1) is 5.31. The molecule has 0 nitrogen and oxygen atoms in total. The van der Waals surface area contributed by atoms with Crippen LogP contribution in [0.25, 0.3) is 0 Å². The monoisotopic (exact) mass is 146 g/mol. The highest BCUT2D eigenvalue weighted by Crippen LogP contribution is 2.68. The first-order valence-corrected chi connectivity index (χ1v) is 4.69. The molecule has 3 rings (SSSR count). The van der Waals surface area contributed by atoms with Gasteiger partial charge in [0, 0.05) is 0 Å². The highest BCUT2D eigenvalue weighted by Gasteiger charge is 2.58. The van der Waals surface area contributed by atoms with E-state index in [2.05, 4.69) is 25.2 Å². The molecule has 11 heavy (non-hydrogen) atoms.